The minimum Gasteiger partial charge on any atom is -0.381 e. The predicted octanol–water partition coefficient (Wildman–Crippen LogP) is 2.86. The third kappa shape index (κ3) is 5.83. The van der Waals surface area contributed by atoms with Crippen molar-refractivity contribution in [2.45, 2.75) is 32.1 Å². The van der Waals surface area contributed by atoms with E-state index in [1.165, 1.54) is 31.5 Å². The van der Waals surface area contributed by atoms with E-state index in [2.05, 4.69) is 22.3 Å². The molecule has 148 valence electrons. The highest BCUT2D eigenvalue weighted by atomic mass is 35.5. The fourth-order valence-corrected chi connectivity index (χ4v) is 3.60. The predicted molar refractivity (Wildman–Crippen MR) is 110 cm³/mol. The maximum atomic E-state index is 12.7. The summed E-state index contributed by atoms with van der Waals surface area (Å²) in [4.78, 5) is 15.2. The number of rotatable bonds is 6. The van der Waals surface area contributed by atoms with E-state index in [-0.39, 0.29) is 30.7 Å². The number of carbonyl (C=O) groups excluding carboxylic acids is 1. The van der Waals surface area contributed by atoms with E-state index in [0.717, 1.165) is 18.7 Å². The van der Waals surface area contributed by atoms with E-state index < -0.39 is 5.41 Å². The molecule has 1 aromatic carbocycles. The molecule has 2 fully saturated rings. The van der Waals surface area contributed by atoms with Crippen LogP contribution in [0.2, 0.25) is 0 Å². The van der Waals surface area contributed by atoms with Gasteiger partial charge in [0.2, 0.25) is 5.91 Å². The number of nitrogens with zero attached hydrogens (tertiary/aromatic N) is 1. The van der Waals surface area contributed by atoms with Crippen molar-refractivity contribution >= 4 is 36.4 Å². The van der Waals surface area contributed by atoms with Crippen molar-refractivity contribution in [1.29, 1.82) is 0 Å². The second kappa shape index (κ2) is 11.1. The standard InChI is InChI=1S/C19H29N3O2.2ClH/c20-15-19(8-13-24-14-9-19)18(23)21-17-5-3-16(4-6-17)7-12-22-10-1-2-11-22;;/h3-6H,1-2,7-15,20H2,(H,21,23);2*1H. The van der Waals surface area contributed by atoms with Gasteiger partial charge < -0.3 is 20.7 Å². The molecule has 0 radical (unpaired) electrons. The number of nitrogens with two attached hydrogens (primary N) is 1. The summed E-state index contributed by atoms with van der Waals surface area (Å²) in [5, 5.41) is 3.04. The van der Waals surface area contributed by atoms with Crippen LogP contribution in [0.5, 0.6) is 0 Å². The maximum absolute atomic E-state index is 12.7. The fraction of sp³-hybridized carbons (Fsp3) is 0.632. The Morgan fingerprint density at radius 1 is 1.12 bits per heavy atom. The van der Waals surface area contributed by atoms with Gasteiger partial charge in [-0.3, -0.25) is 4.79 Å². The Balaban J connectivity index is 0.00000169. The molecule has 3 rings (SSSR count). The number of carbonyl (C=O) groups is 1. The average Bonchev–Trinajstić information content (AvgIpc) is 3.15. The Morgan fingerprint density at radius 3 is 2.31 bits per heavy atom. The maximum Gasteiger partial charge on any atom is 0.232 e. The molecule has 0 spiro atoms. The summed E-state index contributed by atoms with van der Waals surface area (Å²) in [6, 6.07) is 8.23. The van der Waals surface area contributed by atoms with Gasteiger partial charge in [-0.25, -0.2) is 0 Å². The van der Waals surface area contributed by atoms with Gasteiger partial charge in [0.05, 0.1) is 5.41 Å². The van der Waals surface area contributed by atoms with Gasteiger partial charge in [-0.05, 0) is 62.9 Å². The summed E-state index contributed by atoms with van der Waals surface area (Å²) < 4.78 is 5.37. The number of nitrogens with one attached hydrogen (secondary N) is 1. The SMILES string of the molecule is Cl.Cl.NCC1(C(=O)Nc2ccc(CCN3CCCC3)cc2)CCOCC1. The van der Waals surface area contributed by atoms with Gasteiger partial charge in [-0.15, -0.1) is 24.8 Å². The van der Waals surface area contributed by atoms with Crippen molar-refractivity contribution in [3.05, 3.63) is 29.8 Å². The third-order valence-corrected chi connectivity index (χ3v) is 5.45. The summed E-state index contributed by atoms with van der Waals surface area (Å²) >= 11 is 0. The lowest BCUT2D eigenvalue weighted by Gasteiger charge is -2.34. The highest BCUT2D eigenvalue weighted by Gasteiger charge is 2.38. The number of anilines is 1. The molecule has 0 saturated carbocycles. The molecule has 2 saturated heterocycles. The van der Waals surface area contributed by atoms with Crippen molar-refractivity contribution in [2.75, 3.05) is 44.7 Å². The third-order valence-electron chi connectivity index (χ3n) is 5.45. The fourth-order valence-electron chi connectivity index (χ4n) is 3.60. The van der Waals surface area contributed by atoms with Crippen LogP contribution in [0.25, 0.3) is 0 Å². The molecule has 0 aliphatic carbocycles. The van der Waals surface area contributed by atoms with Crippen molar-refractivity contribution < 1.29 is 9.53 Å². The number of ether oxygens (including phenoxy) is 1. The number of hydrogen-bond acceptors (Lipinski definition) is 4. The normalized spacial score (nSPS) is 19.3. The van der Waals surface area contributed by atoms with Crippen LogP contribution >= 0.6 is 24.8 Å². The number of likely N-dealkylation sites (tertiary alicyclic amines) is 1. The molecular weight excluding hydrogens is 373 g/mol. The Kier molecular flexibility index (Phi) is 9.90. The van der Waals surface area contributed by atoms with Gasteiger partial charge in [0.25, 0.3) is 0 Å². The van der Waals surface area contributed by atoms with Crippen LogP contribution in [-0.4, -0.2) is 50.2 Å². The van der Waals surface area contributed by atoms with Crippen molar-refractivity contribution in [3.63, 3.8) is 0 Å². The lowest BCUT2D eigenvalue weighted by atomic mass is 9.79. The van der Waals surface area contributed by atoms with Crippen molar-refractivity contribution in [2.24, 2.45) is 11.1 Å². The Labute approximate surface area is 168 Å². The minimum absolute atomic E-state index is 0. The van der Waals surface area contributed by atoms with Gasteiger partial charge in [-0.2, -0.15) is 0 Å². The van der Waals surface area contributed by atoms with Crippen molar-refractivity contribution in [1.82, 2.24) is 4.90 Å². The van der Waals surface area contributed by atoms with Crippen LogP contribution in [0.15, 0.2) is 24.3 Å². The van der Waals surface area contributed by atoms with Gasteiger partial charge in [0.15, 0.2) is 0 Å². The van der Waals surface area contributed by atoms with E-state index in [1.54, 1.807) is 0 Å². The van der Waals surface area contributed by atoms with Gasteiger partial charge >= 0.3 is 0 Å². The molecule has 2 aliphatic heterocycles. The Bertz CT molecular complexity index is 542. The molecule has 7 heteroatoms. The first-order valence-corrected chi connectivity index (χ1v) is 9.12. The molecule has 26 heavy (non-hydrogen) atoms. The monoisotopic (exact) mass is 403 g/mol. The number of halogens is 2. The summed E-state index contributed by atoms with van der Waals surface area (Å²) in [5.41, 5.74) is 7.59. The van der Waals surface area contributed by atoms with Crippen LogP contribution in [0.3, 0.4) is 0 Å². The molecular formula is C19H31Cl2N3O2. The second-order valence-corrected chi connectivity index (χ2v) is 7.05. The zero-order chi connectivity index (χ0) is 16.8. The summed E-state index contributed by atoms with van der Waals surface area (Å²) in [7, 11) is 0. The smallest absolute Gasteiger partial charge is 0.232 e. The molecule has 2 aliphatic rings. The van der Waals surface area contributed by atoms with E-state index in [0.29, 0.717) is 32.6 Å². The first-order chi connectivity index (χ1) is 11.7. The van der Waals surface area contributed by atoms with Crippen LogP contribution in [-0.2, 0) is 16.0 Å². The summed E-state index contributed by atoms with van der Waals surface area (Å²) in [6.45, 7) is 5.19. The number of amides is 1. The molecule has 0 unspecified atom stereocenters. The molecule has 5 nitrogen and oxygen atoms in total. The number of benzene rings is 1. The summed E-state index contributed by atoms with van der Waals surface area (Å²) in [6.07, 6.45) is 5.13. The van der Waals surface area contributed by atoms with E-state index in [9.17, 15) is 4.79 Å². The first kappa shape index (κ1) is 23.2. The molecule has 2 heterocycles. The Hall–Kier alpha value is -0.850. The lowest BCUT2D eigenvalue weighted by Crippen LogP contribution is -2.46. The molecule has 1 amide bonds. The molecule has 1 aromatic rings. The van der Waals surface area contributed by atoms with E-state index in [4.69, 9.17) is 10.5 Å². The minimum atomic E-state index is -0.479. The highest BCUT2D eigenvalue weighted by molar-refractivity contribution is 5.95. The lowest BCUT2D eigenvalue weighted by molar-refractivity contribution is -0.130. The highest BCUT2D eigenvalue weighted by Crippen LogP contribution is 2.31. The zero-order valence-electron chi connectivity index (χ0n) is 15.2. The quantitative estimate of drug-likeness (QED) is 0.765. The van der Waals surface area contributed by atoms with Gasteiger partial charge in [0.1, 0.15) is 0 Å². The second-order valence-electron chi connectivity index (χ2n) is 7.05. The van der Waals surface area contributed by atoms with E-state index >= 15 is 0 Å². The number of hydrogen-bond donors (Lipinski definition) is 2. The molecule has 0 bridgehead atoms. The molecule has 0 atom stereocenters. The van der Waals surface area contributed by atoms with Gasteiger partial charge in [0, 0.05) is 32.0 Å². The topological polar surface area (TPSA) is 67.6 Å². The van der Waals surface area contributed by atoms with Crippen LogP contribution < -0.4 is 11.1 Å². The van der Waals surface area contributed by atoms with Crippen LogP contribution in [0.1, 0.15) is 31.2 Å². The average molecular weight is 404 g/mol. The first-order valence-electron chi connectivity index (χ1n) is 9.12. The zero-order valence-corrected chi connectivity index (χ0v) is 16.9. The summed E-state index contributed by atoms with van der Waals surface area (Å²) in [5.74, 6) is 0.0260. The Morgan fingerprint density at radius 2 is 1.73 bits per heavy atom. The van der Waals surface area contributed by atoms with Crippen LogP contribution in [0.4, 0.5) is 5.69 Å². The molecule has 3 N–H and O–H groups in total. The van der Waals surface area contributed by atoms with E-state index in [1.807, 2.05) is 12.1 Å². The largest absolute Gasteiger partial charge is 0.381 e. The van der Waals surface area contributed by atoms with Gasteiger partial charge in [-0.1, -0.05) is 12.1 Å². The molecule has 0 aromatic heterocycles. The van der Waals surface area contributed by atoms with Crippen molar-refractivity contribution in [3.8, 4) is 0 Å². The van der Waals surface area contributed by atoms with Crippen LogP contribution in [0, 0.1) is 5.41 Å².